The van der Waals surface area contributed by atoms with Crippen LogP contribution in [0.2, 0.25) is 0 Å². The second kappa shape index (κ2) is 3.82. The van der Waals surface area contributed by atoms with Gasteiger partial charge in [0.1, 0.15) is 0 Å². The third-order valence-electron chi connectivity index (χ3n) is 1.19. The fourth-order valence-corrected chi connectivity index (χ4v) is 0.655. The van der Waals surface area contributed by atoms with Gasteiger partial charge in [0.05, 0.1) is 13.1 Å². The van der Waals surface area contributed by atoms with E-state index in [1.165, 1.54) is 0 Å². The number of rotatable bonds is 3. The van der Waals surface area contributed by atoms with Crippen LogP contribution in [0.15, 0.2) is 4.42 Å². The van der Waals surface area contributed by atoms with E-state index in [0.29, 0.717) is 11.8 Å². The molecule has 0 spiro atoms. The molecular weight excluding hydrogens is 160 g/mol. The molecule has 0 saturated heterocycles. The van der Waals surface area contributed by atoms with Gasteiger partial charge in [-0.15, -0.1) is 10.2 Å². The molecule has 0 aromatic carbocycles. The van der Waals surface area contributed by atoms with Gasteiger partial charge in [0, 0.05) is 6.92 Å². The highest BCUT2D eigenvalue weighted by Gasteiger charge is 2.02. The molecule has 0 saturated carbocycles. The highest BCUT2D eigenvalue weighted by atomic mass is 16.4. The van der Waals surface area contributed by atoms with Gasteiger partial charge in [0.25, 0.3) is 0 Å². The summed E-state index contributed by atoms with van der Waals surface area (Å²) in [5, 5.41) is 9.77. The van der Waals surface area contributed by atoms with E-state index in [0.717, 1.165) is 0 Å². The molecule has 1 aromatic heterocycles. The SMILES string of the molecule is Cc1nnc(CNC(=O)CN)o1. The largest absolute Gasteiger partial charge is 0.424 e. The molecule has 1 heterocycles. The van der Waals surface area contributed by atoms with E-state index >= 15 is 0 Å². The normalized spacial score (nSPS) is 9.83. The lowest BCUT2D eigenvalue weighted by molar-refractivity contribution is -0.120. The number of aryl methyl sites for hydroxylation is 1. The number of hydrogen-bond acceptors (Lipinski definition) is 5. The Hall–Kier alpha value is -1.43. The number of amides is 1. The Labute approximate surface area is 69.1 Å². The minimum atomic E-state index is -0.245. The maximum absolute atomic E-state index is 10.7. The summed E-state index contributed by atoms with van der Waals surface area (Å²) >= 11 is 0. The molecule has 0 aliphatic heterocycles. The first kappa shape index (κ1) is 8.66. The highest BCUT2D eigenvalue weighted by molar-refractivity contribution is 5.77. The van der Waals surface area contributed by atoms with Gasteiger partial charge in [-0.25, -0.2) is 0 Å². The van der Waals surface area contributed by atoms with Crippen LogP contribution >= 0.6 is 0 Å². The second-order valence-electron chi connectivity index (χ2n) is 2.20. The molecule has 0 fully saturated rings. The smallest absolute Gasteiger partial charge is 0.235 e. The van der Waals surface area contributed by atoms with Gasteiger partial charge in [-0.3, -0.25) is 4.79 Å². The van der Waals surface area contributed by atoms with Crippen LogP contribution in [0.3, 0.4) is 0 Å². The number of hydrogen-bond donors (Lipinski definition) is 2. The number of carbonyl (C=O) groups is 1. The third kappa shape index (κ3) is 2.31. The summed E-state index contributed by atoms with van der Waals surface area (Å²) < 4.78 is 5.00. The maximum atomic E-state index is 10.7. The first-order valence-corrected chi connectivity index (χ1v) is 3.48. The minimum absolute atomic E-state index is 0.0346. The summed E-state index contributed by atoms with van der Waals surface area (Å²) in [4.78, 5) is 10.7. The van der Waals surface area contributed by atoms with Crippen molar-refractivity contribution in [2.24, 2.45) is 5.73 Å². The second-order valence-corrected chi connectivity index (χ2v) is 2.20. The predicted molar refractivity (Wildman–Crippen MR) is 39.9 cm³/mol. The van der Waals surface area contributed by atoms with Crippen molar-refractivity contribution >= 4 is 5.91 Å². The molecule has 1 amide bonds. The van der Waals surface area contributed by atoms with Gasteiger partial charge in [0.15, 0.2) is 0 Å². The molecule has 0 aliphatic carbocycles. The number of nitrogens with two attached hydrogens (primary N) is 1. The van der Waals surface area contributed by atoms with Crippen LogP contribution in [-0.4, -0.2) is 22.6 Å². The van der Waals surface area contributed by atoms with Crippen molar-refractivity contribution in [3.05, 3.63) is 11.8 Å². The lowest BCUT2D eigenvalue weighted by Crippen LogP contribution is -2.29. The first-order chi connectivity index (χ1) is 5.72. The van der Waals surface area contributed by atoms with Crippen LogP contribution in [0.5, 0.6) is 0 Å². The van der Waals surface area contributed by atoms with Crippen molar-refractivity contribution in [3.63, 3.8) is 0 Å². The molecule has 0 aliphatic rings. The van der Waals surface area contributed by atoms with Gasteiger partial charge in [-0.2, -0.15) is 0 Å². The van der Waals surface area contributed by atoms with Crippen LogP contribution in [0.25, 0.3) is 0 Å². The topological polar surface area (TPSA) is 94.0 Å². The van der Waals surface area contributed by atoms with Gasteiger partial charge in [-0.05, 0) is 0 Å². The van der Waals surface area contributed by atoms with Crippen LogP contribution in [-0.2, 0) is 11.3 Å². The predicted octanol–water partition coefficient (Wildman–Crippen LogP) is -1.05. The number of aromatic nitrogens is 2. The molecular formula is C6H10N4O2. The Bertz CT molecular complexity index is 270. The third-order valence-corrected chi connectivity index (χ3v) is 1.19. The van der Waals surface area contributed by atoms with Crippen molar-refractivity contribution < 1.29 is 9.21 Å². The van der Waals surface area contributed by atoms with Gasteiger partial charge in [-0.1, -0.05) is 0 Å². The number of carbonyl (C=O) groups excluding carboxylic acids is 1. The minimum Gasteiger partial charge on any atom is -0.424 e. The van der Waals surface area contributed by atoms with E-state index in [9.17, 15) is 4.79 Å². The molecule has 3 N–H and O–H groups in total. The van der Waals surface area contributed by atoms with E-state index in [-0.39, 0.29) is 19.0 Å². The number of nitrogens with one attached hydrogen (secondary N) is 1. The zero-order valence-electron chi connectivity index (χ0n) is 6.70. The summed E-state index contributed by atoms with van der Waals surface area (Å²) in [5.41, 5.74) is 5.06. The monoisotopic (exact) mass is 170 g/mol. The van der Waals surface area contributed by atoms with Crippen LogP contribution in [0, 0.1) is 6.92 Å². The standard InChI is InChI=1S/C6H10N4O2/c1-4-9-10-6(12-4)3-8-5(11)2-7/h2-3,7H2,1H3,(H,8,11). The Morgan fingerprint density at radius 3 is 2.92 bits per heavy atom. The van der Waals surface area contributed by atoms with Gasteiger partial charge < -0.3 is 15.5 Å². The summed E-state index contributed by atoms with van der Waals surface area (Å²) in [5.74, 6) is 0.618. The lowest BCUT2D eigenvalue weighted by atomic mass is 10.5. The molecule has 6 heteroatoms. The zero-order valence-corrected chi connectivity index (χ0v) is 6.70. The fourth-order valence-electron chi connectivity index (χ4n) is 0.655. The summed E-state index contributed by atoms with van der Waals surface area (Å²) in [7, 11) is 0. The molecule has 0 bridgehead atoms. The Morgan fingerprint density at radius 1 is 1.67 bits per heavy atom. The average Bonchev–Trinajstić information content (AvgIpc) is 2.47. The van der Waals surface area contributed by atoms with Crippen molar-refractivity contribution in [2.45, 2.75) is 13.5 Å². The summed E-state index contributed by atoms with van der Waals surface area (Å²) in [6.07, 6.45) is 0. The highest BCUT2D eigenvalue weighted by Crippen LogP contribution is 1.95. The van der Waals surface area contributed by atoms with Crippen molar-refractivity contribution in [1.82, 2.24) is 15.5 Å². The molecule has 0 atom stereocenters. The molecule has 6 nitrogen and oxygen atoms in total. The van der Waals surface area contributed by atoms with Crippen molar-refractivity contribution in [1.29, 1.82) is 0 Å². The molecule has 0 radical (unpaired) electrons. The molecule has 1 rings (SSSR count). The van der Waals surface area contributed by atoms with E-state index in [2.05, 4.69) is 15.5 Å². The van der Waals surface area contributed by atoms with Gasteiger partial charge >= 0.3 is 0 Å². The molecule has 1 aromatic rings. The Balaban J connectivity index is 2.38. The van der Waals surface area contributed by atoms with Crippen molar-refractivity contribution in [2.75, 3.05) is 6.54 Å². The first-order valence-electron chi connectivity index (χ1n) is 3.48. The van der Waals surface area contributed by atoms with E-state index < -0.39 is 0 Å². The quantitative estimate of drug-likeness (QED) is 0.603. The van der Waals surface area contributed by atoms with E-state index in [1.54, 1.807) is 6.92 Å². The van der Waals surface area contributed by atoms with E-state index in [1.807, 2.05) is 0 Å². The van der Waals surface area contributed by atoms with E-state index in [4.69, 9.17) is 10.2 Å². The average molecular weight is 170 g/mol. The molecule has 12 heavy (non-hydrogen) atoms. The Morgan fingerprint density at radius 2 is 2.42 bits per heavy atom. The molecule has 0 unspecified atom stereocenters. The van der Waals surface area contributed by atoms with Gasteiger partial charge in [0.2, 0.25) is 17.7 Å². The summed E-state index contributed by atoms with van der Waals surface area (Å²) in [6.45, 7) is 1.88. The number of nitrogens with zero attached hydrogens (tertiary/aromatic N) is 2. The van der Waals surface area contributed by atoms with Crippen LogP contribution < -0.4 is 11.1 Å². The Kier molecular flexibility index (Phi) is 2.76. The van der Waals surface area contributed by atoms with Crippen LogP contribution in [0.1, 0.15) is 11.8 Å². The fraction of sp³-hybridized carbons (Fsp3) is 0.500. The van der Waals surface area contributed by atoms with Crippen molar-refractivity contribution in [3.8, 4) is 0 Å². The maximum Gasteiger partial charge on any atom is 0.235 e. The molecule has 66 valence electrons. The zero-order chi connectivity index (χ0) is 8.97. The summed E-state index contributed by atoms with van der Waals surface area (Å²) in [6, 6.07) is 0. The van der Waals surface area contributed by atoms with Crippen LogP contribution in [0.4, 0.5) is 0 Å². The lowest BCUT2D eigenvalue weighted by Gasteiger charge is -1.97.